The molecule has 0 saturated heterocycles. The third-order valence-corrected chi connectivity index (χ3v) is 2.18. The molecule has 3 N–H and O–H groups in total. The summed E-state index contributed by atoms with van der Waals surface area (Å²) in [6, 6.07) is 1.28. The van der Waals surface area contributed by atoms with Gasteiger partial charge in [-0.05, 0) is 28.9 Å². The lowest BCUT2D eigenvalue weighted by Gasteiger charge is -2.06. The molecule has 0 amide bonds. The first-order chi connectivity index (χ1) is 6.02. The van der Waals surface area contributed by atoms with Gasteiger partial charge in [-0.1, -0.05) is 0 Å². The van der Waals surface area contributed by atoms with Crippen molar-refractivity contribution in [3.8, 4) is 0 Å². The Morgan fingerprint density at radius 1 is 1.77 bits per heavy atom. The van der Waals surface area contributed by atoms with Crippen LogP contribution in [0.3, 0.4) is 0 Å². The Hall–Kier alpha value is -0.940. The Bertz CT molecular complexity index is 339. The minimum atomic E-state index is -0.996. The molecular weight excluding hydrogens is 236 g/mol. The Morgan fingerprint density at radius 2 is 2.38 bits per heavy atom. The monoisotopic (exact) mass is 244 g/mol. The van der Waals surface area contributed by atoms with Gasteiger partial charge in [0.25, 0.3) is 0 Å². The zero-order valence-corrected chi connectivity index (χ0v) is 8.58. The first-order valence-electron chi connectivity index (χ1n) is 3.66. The zero-order chi connectivity index (χ0) is 10.0. The molecule has 1 unspecified atom stereocenters. The van der Waals surface area contributed by atoms with Gasteiger partial charge in [-0.25, -0.2) is 4.79 Å². The lowest BCUT2D eigenvalue weighted by Crippen LogP contribution is -2.09. The van der Waals surface area contributed by atoms with Crippen molar-refractivity contribution in [3.63, 3.8) is 0 Å². The second-order valence-corrected chi connectivity index (χ2v) is 3.54. The van der Waals surface area contributed by atoms with E-state index in [0.717, 1.165) is 0 Å². The maximum Gasteiger partial charge on any atom is 0.337 e. The Labute approximate surface area is 83.9 Å². The Morgan fingerprint density at radius 3 is 2.77 bits per heavy atom. The summed E-state index contributed by atoms with van der Waals surface area (Å²) in [5.74, 6) is -0.996. The lowest BCUT2D eigenvalue weighted by molar-refractivity contribution is 0.0696. The number of nitrogens with two attached hydrogens (primary N) is 1. The van der Waals surface area contributed by atoms with Crippen molar-refractivity contribution in [2.24, 2.45) is 5.73 Å². The molecule has 1 rings (SSSR count). The van der Waals surface area contributed by atoms with E-state index < -0.39 is 5.97 Å². The predicted octanol–water partition coefficient (Wildman–Crippen LogP) is 1.56. The topological polar surface area (TPSA) is 76.2 Å². The molecule has 0 radical (unpaired) electrons. The third kappa shape index (κ3) is 2.26. The van der Waals surface area contributed by atoms with E-state index >= 15 is 0 Å². The number of nitrogens with zero attached hydrogens (tertiary/aromatic N) is 1. The molecule has 0 fully saturated rings. The number of carbonyl (C=O) groups is 1. The van der Waals surface area contributed by atoms with Crippen LogP contribution in [0, 0.1) is 0 Å². The van der Waals surface area contributed by atoms with Gasteiger partial charge in [0.1, 0.15) is 0 Å². The summed E-state index contributed by atoms with van der Waals surface area (Å²) >= 11 is 3.21. The maximum atomic E-state index is 10.5. The largest absolute Gasteiger partial charge is 0.478 e. The van der Waals surface area contributed by atoms with Crippen LogP contribution in [-0.2, 0) is 0 Å². The average molecular weight is 245 g/mol. The normalized spacial score (nSPS) is 12.5. The number of aromatic nitrogens is 1. The first-order valence-corrected chi connectivity index (χ1v) is 4.46. The minimum absolute atomic E-state index is 0.149. The van der Waals surface area contributed by atoms with E-state index in [1.165, 1.54) is 12.3 Å². The van der Waals surface area contributed by atoms with E-state index in [2.05, 4.69) is 20.9 Å². The summed E-state index contributed by atoms with van der Waals surface area (Å²) in [7, 11) is 0. The highest BCUT2D eigenvalue weighted by atomic mass is 79.9. The van der Waals surface area contributed by atoms with Gasteiger partial charge in [-0.2, -0.15) is 0 Å². The molecular formula is C8H9BrN2O2. The molecule has 13 heavy (non-hydrogen) atoms. The summed E-state index contributed by atoms with van der Waals surface area (Å²) < 4.78 is 0.627. The molecule has 0 saturated carbocycles. The fourth-order valence-electron chi connectivity index (χ4n) is 0.901. The van der Waals surface area contributed by atoms with Crippen molar-refractivity contribution in [3.05, 3.63) is 28.0 Å². The number of hydrogen-bond acceptors (Lipinski definition) is 3. The molecule has 0 aliphatic heterocycles. The van der Waals surface area contributed by atoms with Gasteiger partial charge >= 0.3 is 5.97 Å². The smallest absolute Gasteiger partial charge is 0.337 e. The maximum absolute atomic E-state index is 10.5. The second-order valence-electron chi connectivity index (χ2n) is 2.68. The highest BCUT2D eigenvalue weighted by Crippen LogP contribution is 2.20. The molecule has 0 bridgehead atoms. The highest BCUT2D eigenvalue weighted by molar-refractivity contribution is 9.10. The van der Waals surface area contributed by atoms with Crippen LogP contribution in [0.4, 0.5) is 0 Å². The summed E-state index contributed by atoms with van der Waals surface area (Å²) in [6.45, 7) is 1.79. The average Bonchev–Trinajstić information content (AvgIpc) is 2.03. The minimum Gasteiger partial charge on any atom is -0.478 e. The SMILES string of the molecule is CC(N)c1ncc(C(=O)O)cc1Br. The van der Waals surface area contributed by atoms with E-state index in [1.807, 2.05) is 0 Å². The number of carboxylic acids is 1. The van der Waals surface area contributed by atoms with Crippen molar-refractivity contribution in [2.75, 3.05) is 0 Å². The van der Waals surface area contributed by atoms with Gasteiger partial charge in [0.2, 0.25) is 0 Å². The number of rotatable bonds is 2. The van der Waals surface area contributed by atoms with Crippen LogP contribution in [0.1, 0.15) is 29.0 Å². The lowest BCUT2D eigenvalue weighted by atomic mass is 10.2. The number of hydrogen-bond donors (Lipinski definition) is 2. The van der Waals surface area contributed by atoms with E-state index in [0.29, 0.717) is 10.2 Å². The third-order valence-electron chi connectivity index (χ3n) is 1.55. The Kier molecular flexibility index (Phi) is 3.00. The fourth-order valence-corrected chi connectivity index (χ4v) is 1.61. The molecule has 1 heterocycles. The molecule has 0 aliphatic carbocycles. The van der Waals surface area contributed by atoms with Gasteiger partial charge in [0.05, 0.1) is 11.3 Å². The summed E-state index contributed by atoms with van der Waals surface area (Å²) in [4.78, 5) is 14.5. The van der Waals surface area contributed by atoms with Crippen LogP contribution < -0.4 is 5.73 Å². The van der Waals surface area contributed by atoms with Crippen LogP contribution in [-0.4, -0.2) is 16.1 Å². The van der Waals surface area contributed by atoms with E-state index in [-0.39, 0.29) is 11.6 Å². The van der Waals surface area contributed by atoms with Gasteiger partial charge in [0.15, 0.2) is 0 Å². The molecule has 70 valence electrons. The van der Waals surface area contributed by atoms with Crippen molar-refractivity contribution in [2.45, 2.75) is 13.0 Å². The molecule has 1 aromatic heterocycles. The fraction of sp³-hybridized carbons (Fsp3) is 0.250. The summed E-state index contributed by atoms with van der Waals surface area (Å²) in [6.07, 6.45) is 1.30. The first kappa shape index (κ1) is 10.1. The van der Waals surface area contributed by atoms with Gasteiger partial charge < -0.3 is 10.8 Å². The number of aromatic carboxylic acids is 1. The highest BCUT2D eigenvalue weighted by Gasteiger charge is 2.10. The van der Waals surface area contributed by atoms with Crippen LogP contribution in [0.2, 0.25) is 0 Å². The molecule has 0 spiro atoms. The van der Waals surface area contributed by atoms with Crippen LogP contribution in [0.25, 0.3) is 0 Å². The van der Waals surface area contributed by atoms with Gasteiger partial charge in [-0.3, -0.25) is 4.98 Å². The molecule has 4 nitrogen and oxygen atoms in total. The van der Waals surface area contributed by atoms with E-state index in [1.54, 1.807) is 6.92 Å². The van der Waals surface area contributed by atoms with Crippen LogP contribution in [0.5, 0.6) is 0 Å². The molecule has 1 atom stereocenters. The molecule has 5 heteroatoms. The predicted molar refractivity (Wildman–Crippen MR) is 51.5 cm³/mol. The molecule has 0 aliphatic rings. The molecule has 1 aromatic rings. The van der Waals surface area contributed by atoms with Crippen molar-refractivity contribution < 1.29 is 9.90 Å². The number of halogens is 1. The number of pyridine rings is 1. The molecule has 0 aromatic carbocycles. The van der Waals surface area contributed by atoms with Crippen LogP contribution in [0.15, 0.2) is 16.7 Å². The standard InChI is InChI=1S/C8H9BrN2O2/c1-4(10)7-6(9)2-5(3-11-7)8(12)13/h2-4H,10H2,1H3,(H,12,13). The van der Waals surface area contributed by atoms with Crippen molar-refractivity contribution in [1.29, 1.82) is 0 Å². The second kappa shape index (κ2) is 3.85. The summed E-state index contributed by atoms with van der Waals surface area (Å²) in [5, 5.41) is 8.65. The number of carboxylic acid groups (broad SMARTS) is 1. The van der Waals surface area contributed by atoms with Gasteiger partial charge in [-0.15, -0.1) is 0 Å². The Balaban J connectivity index is 3.13. The zero-order valence-electron chi connectivity index (χ0n) is 6.99. The van der Waals surface area contributed by atoms with Crippen LogP contribution >= 0.6 is 15.9 Å². The van der Waals surface area contributed by atoms with Crippen molar-refractivity contribution in [1.82, 2.24) is 4.98 Å². The quantitative estimate of drug-likeness (QED) is 0.828. The van der Waals surface area contributed by atoms with E-state index in [4.69, 9.17) is 10.8 Å². The summed E-state index contributed by atoms with van der Waals surface area (Å²) in [5.41, 5.74) is 6.41. The van der Waals surface area contributed by atoms with E-state index in [9.17, 15) is 4.79 Å². The van der Waals surface area contributed by atoms with Gasteiger partial charge in [0, 0.05) is 16.7 Å². The van der Waals surface area contributed by atoms with Crippen molar-refractivity contribution >= 4 is 21.9 Å².